The average molecular weight is 424 g/mol. The quantitative estimate of drug-likeness (QED) is 0.291. The molecule has 0 atom stereocenters. The number of aromatic nitrogens is 1. The predicted molar refractivity (Wildman–Crippen MR) is 99.9 cm³/mol. The second-order valence-electron chi connectivity index (χ2n) is 5.50. The summed E-state index contributed by atoms with van der Waals surface area (Å²) in [5.41, 5.74) is 0.973. The molecule has 0 saturated heterocycles. The number of hydrogen-bond acceptors (Lipinski definition) is 4. The van der Waals surface area contributed by atoms with Gasteiger partial charge in [-0.15, -0.1) is 24.0 Å². The highest BCUT2D eigenvalue weighted by molar-refractivity contribution is 14.0. The van der Waals surface area contributed by atoms with Gasteiger partial charge in [-0.2, -0.15) is 0 Å². The summed E-state index contributed by atoms with van der Waals surface area (Å²) in [6.07, 6.45) is 1.22. The molecule has 1 aromatic rings. The van der Waals surface area contributed by atoms with Crippen LogP contribution in [0.15, 0.2) is 15.6 Å². The summed E-state index contributed by atoms with van der Waals surface area (Å²) in [5, 5.41) is 10.5. The van der Waals surface area contributed by atoms with Gasteiger partial charge in [-0.05, 0) is 26.2 Å². The first kappa shape index (κ1) is 21.2. The smallest absolute Gasteiger partial charge is 0.191 e. The van der Waals surface area contributed by atoms with Gasteiger partial charge in [-0.25, -0.2) is 0 Å². The third kappa shape index (κ3) is 8.57. The highest BCUT2D eigenvalue weighted by Crippen LogP contribution is 2.13. The molecule has 0 amide bonds. The van der Waals surface area contributed by atoms with Crippen LogP contribution in [-0.2, 0) is 11.3 Å². The van der Waals surface area contributed by atoms with Crippen molar-refractivity contribution >= 4 is 29.9 Å². The first-order valence-electron chi connectivity index (χ1n) is 7.54. The number of nitrogens with one attached hydrogen (secondary N) is 2. The second-order valence-corrected chi connectivity index (χ2v) is 5.50. The molecule has 0 bridgehead atoms. The summed E-state index contributed by atoms with van der Waals surface area (Å²) in [4.78, 5) is 4.17. The zero-order valence-corrected chi connectivity index (χ0v) is 16.5. The van der Waals surface area contributed by atoms with Crippen LogP contribution in [0.4, 0.5) is 0 Å². The normalized spacial score (nSPS) is 11.7. The Labute approximate surface area is 150 Å². The maximum absolute atomic E-state index is 5.49. The fourth-order valence-corrected chi connectivity index (χ4v) is 1.67. The summed E-state index contributed by atoms with van der Waals surface area (Å²) < 4.78 is 10.8. The minimum Gasteiger partial charge on any atom is -0.379 e. The number of halogens is 1. The second kappa shape index (κ2) is 11.7. The molecule has 0 aromatic carbocycles. The maximum atomic E-state index is 5.49. The molecule has 1 heterocycles. The molecule has 0 radical (unpaired) electrons. The lowest BCUT2D eigenvalue weighted by Gasteiger charge is -2.11. The molecule has 22 heavy (non-hydrogen) atoms. The van der Waals surface area contributed by atoms with E-state index >= 15 is 0 Å². The average Bonchev–Trinajstić information content (AvgIpc) is 2.90. The van der Waals surface area contributed by atoms with Crippen molar-refractivity contribution in [3.8, 4) is 0 Å². The van der Waals surface area contributed by atoms with Crippen LogP contribution in [0.25, 0.3) is 0 Å². The van der Waals surface area contributed by atoms with Crippen molar-refractivity contribution in [1.82, 2.24) is 15.8 Å². The third-order valence-electron chi connectivity index (χ3n) is 2.89. The van der Waals surface area contributed by atoms with Gasteiger partial charge >= 0.3 is 0 Å². The maximum Gasteiger partial charge on any atom is 0.191 e. The minimum atomic E-state index is 0. The lowest BCUT2D eigenvalue weighted by Crippen LogP contribution is -2.37. The van der Waals surface area contributed by atoms with Gasteiger partial charge in [-0.1, -0.05) is 19.0 Å². The number of rotatable bonds is 8. The van der Waals surface area contributed by atoms with E-state index in [1.54, 1.807) is 7.05 Å². The highest BCUT2D eigenvalue weighted by atomic mass is 127. The van der Waals surface area contributed by atoms with Gasteiger partial charge in [0.2, 0.25) is 0 Å². The van der Waals surface area contributed by atoms with E-state index in [0.29, 0.717) is 12.5 Å². The van der Waals surface area contributed by atoms with Crippen molar-refractivity contribution in [2.45, 2.75) is 52.7 Å². The van der Waals surface area contributed by atoms with Crippen LogP contribution in [-0.4, -0.2) is 37.4 Å². The molecule has 0 aliphatic heterocycles. The molecule has 0 aliphatic carbocycles. The Hall–Kier alpha value is -0.830. The minimum absolute atomic E-state index is 0. The monoisotopic (exact) mass is 424 g/mol. The molecular weight excluding hydrogens is 395 g/mol. The number of nitrogens with zero attached hydrogens (tertiary/aromatic N) is 2. The molecular formula is C15H29IN4O2. The fraction of sp³-hybridized carbons (Fsp3) is 0.733. The first-order chi connectivity index (χ1) is 10.0. The van der Waals surface area contributed by atoms with E-state index in [1.165, 1.54) is 0 Å². The SMILES string of the molecule is CN=C(NCCCOC(C)C)NCc1cc(C(C)C)no1.I. The van der Waals surface area contributed by atoms with Crippen molar-refractivity contribution in [2.75, 3.05) is 20.2 Å². The van der Waals surface area contributed by atoms with E-state index in [0.717, 1.165) is 37.0 Å². The molecule has 1 aromatic heterocycles. The van der Waals surface area contributed by atoms with Crippen molar-refractivity contribution in [3.05, 3.63) is 17.5 Å². The summed E-state index contributed by atoms with van der Waals surface area (Å²) in [6, 6.07) is 1.97. The topological polar surface area (TPSA) is 71.7 Å². The standard InChI is InChI=1S/C15H28N4O2.HI/c1-11(2)14-9-13(21-19-14)10-18-15(16-5)17-7-6-8-20-12(3)4;/h9,11-12H,6-8,10H2,1-5H3,(H2,16,17,18);1H. The summed E-state index contributed by atoms with van der Waals surface area (Å²) in [6.45, 7) is 10.4. The number of ether oxygens (including phenoxy) is 1. The number of guanidine groups is 1. The summed E-state index contributed by atoms with van der Waals surface area (Å²) >= 11 is 0. The van der Waals surface area contributed by atoms with Crippen LogP contribution in [0.2, 0.25) is 0 Å². The molecule has 128 valence electrons. The lowest BCUT2D eigenvalue weighted by molar-refractivity contribution is 0.0776. The van der Waals surface area contributed by atoms with E-state index in [1.807, 2.05) is 19.9 Å². The predicted octanol–water partition coefficient (Wildman–Crippen LogP) is 2.90. The summed E-state index contributed by atoms with van der Waals surface area (Å²) in [5.74, 6) is 1.94. The molecule has 2 N–H and O–H groups in total. The van der Waals surface area contributed by atoms with E-state index in [2.05, 4.69) is 34.6 Å². The molecule has 7 heteroatoms. The van der Waals surface area contributed by atoms with Gasteiger partial charge in [0, 0.05) is 26.3 Å². The van der Waals surface area contributed by atoms with E-state index < -0.39 is 0 Å². The van der Waals surface area contributed by atoms with Gasteiger partial charge in [0.15, 0.2) is 11.7 Å². The van der Waals surface area contributed by atoms with Crippen LogP contribution >= 0.6 is 24.0 Å². The Morgan fingerprint density at radius 2 is 2.05 bits per heavy atom. The van der Waals surface area contributed by atoms with Crippen LogP contribution < -0.4 is 10.6 Å². The van der Waals surface area contributed by atoms with E-state index in [-0.39, 0.29) is 30.1 Å². The Bertz CT molecular complexity index is 433. The van der Waals surface area contributed by atoms with E-state index in [4.69, 9.17) is 9.26 Å². The highest BCUT2D eigenvalue weighted by Gasteiger charge is 2.08. The molecule has 1 rings (SSSR count). The first-order valence-corrected chi connectivity index (χ1v) is 7.54. The van der Waals surface area contributed by atoms with Gasteiger partial charge < -0.3 is 19.9 Å². The molecule has 0 spiro atoms. The van der Waals surface area contributed by atoms with Gasteiger partial charge in [-0.3, -0.25) is 4.99 Å². The molecule has 0 unspecified atom stereocenters. The molecule has 0 aliphatic rings. The Balaban J connectivity index is 0.00000441. The van der Waals surface area contributed by atoms with Gasteiger partial charge in [0.1, 0.15) is 0 Å². The van der Waals surface area contributed by atoms with E-state index in [9.17, 15) is 0 Å². The van der Waals surface area contributed by atoms with Crippen molar-refractivity contribution in [2.24, 2.45) is 4.99 Å². The Morgan fingerprint density at radius 3 is 2.59 bits per heavy atom. The Morgan fingerprint density at radius 1 is 1.32 bits per heavy atom. The van der Waals surface area contributed by atoms with Gasteiger partial charge in [0.05, 0.1) is 18.3 Å². The van der Waals surface area contributed by atoms with Crippen LogP contribution in [0.3, 0.4) is 0 Å². The van der Waals surface area contributed by atoms with Crippen molar-refractivity contribution < 1.29 is 9.26 Å². The molecule has 0 saturated carbocycles. The third-order valence-corrected chi connectivity index (χ3v) is 2.89. The van der Waals surface area contributed by atoms with Crippen LogP contribution in [0.1, 0.15) is 51.5 Å². The molecule has 0 fully saturated rings. The Kier molecular flexibility index (Phi) is 11.3. The van der Waals surface area contributed by atoms with Gasteiger partial charge in [0.25, 0.3) is 0 Å². The van der Waals surface area contributed by atoms with Crippen LogP contribution in [0.5, 0.6) is 0 Å². The van der Waals surface area contributed by atoms with Crippen LogP contribution in [0, 0.1) is 0 Å². The van der Waals surface area contributed by atoms with Crippen molar-refractivity contribution in [1.29, 1.82) is 0 Å². The summed E-state index contributed by atoms with van der Waals surface area (Å²) in [7, 11) is 1.75. The number of hydrogen-bond donors (Lipinski definition) is 2. The fourth-order valence-electron chi connectivity index (χ4n) is 1.67. The zero-order chi connectivity index (χ0) is 15.7. The molecule has 6 nitrogen and oxygen atoms in total. The van der Waals surface area contributed by atoms with Crippen molar-refractivity contribution in [3.63, 3.8) is 0 Å². The number of aliphatic imine (C=N–C) groups is 1. The largest absolute Gasteiger partial charge is 0.379 e. The zero-order valence-electron chi connectivity index (χ0n) is 14.2. The lowest BCUT2D eigenvalue weighted by atomic mass is 10.1.